The molecular weight excluding hydrogens is 190 g/mol. The molecule has 0 aromatic rings. The van der Waals surface area contributed by atoms with Crippen molar-refractivity contribution in [3.05, 3.63) is 0 Å². The molecule has 3 heteroatoms. The van der Waals surface area contributed by atoms with Gasteiger partial charge in [-0.05, 0) is 39.0 Å². The summed E-state index contributed by atoms with van der Waals surface area (Å²) in [6.45, 7) is 7.31. The highest BCUT2D eigenvalue weighted by Gasteiger charge is 2.26. The Hall–Kier alpha value is -0.120. The molecule has 0 aliphatic carbocycles. The smallest absolute Gasteiger partial charge is 0.0588 e. The molecule has 2 fully saturated rings. The highest BCUT2D eigenvalue weighted by molar-refractivity contribution is 4.79. The van der Waals surface area contributed by atoms with Gasteiger partial charge in [0.1, 0.15) is 0 Å². The lowest BCUT2D eigenvalue weighted by atomic mass is 10.00. The van der Waals surface area contributed by atoms with E-state index in [1.807, 2.05) is 0 Å². The van der Waals surface area contributed by atoms with Gasteiger partial charge in [0.05, 0.1) is 12.2 Å². The Labute approximate surface area is 92.5 Å². The van der Waals surface area contributed by atoms with Gasteiger partial charge in [-0.2, -0.15) is 0 Å². The van der Waals surface area contributed by atoms with Crippen LogP contribution in [-0.4, -0.2) is 38.0 Å². The lowest BCUT2D eigenvalue weighted by molar-refractivity contribution is 0.0120. The van der Waals surface area contributed by atoms with E-state index in [9.17, 15) is 0 Å². The molecule has 0 amide bonds. The fourth-order valence-electron chi connectivity index (χ4n) is 2.55. The predicted molar refractivity (Wildman–Crippen MR) is 60.0 cm³/mol. The zero-order chi connectivity index (χ0) is 10.7. The van der Waals surface area contributed by atoms with E-state index in [4.69, 9.17) is 9.47 Å². The molecule has 2 aliphatic rings. The fraction of sp³-hybridized carbons (Fsp3) is 1.00. The molecule has 1 N–H and O–H groups in total. The van der Waals surface area contributed by atoms with E-state index < -0.39 is 0 Å². The minimum Gasteiger partial charge on any atom is -0.378 e. The summed E-state index contributed by atoms with van der Waals surface area (Å²) in [6, 6.07) is 0.654. The minimum atomic E-state index is 0.425. The summed E-state index contributed by atoms with van der Waals surface area (Å²) in [5.74, 6) is 0.711. The summed E-state index contributed by atoms with van der Waals surface area (Å²) < 4.78 is 11.1. The van der Waals surface area contributed by atoms with Crippen molar-refractivity contribution < 1.29 is 9.47 Å². The topological polar surface area (TPSA) is 30.5 Å². The average molecular weight is 213 g/mol. The van der Waals surface area contributed by atoms with Crippen molar-refractivity contribution in [2.75, 3.05) is 19.8 Å². The monoisotopic (exact) mass is 213 g/mol. The third-order valence-electron chi connectivity index (χ3n) is 3.69. The summed E-state index contributed by atoms with van der Waals surface area (Å²) in [4.78, 5) is 0. The first-order valence-electron chi connectivity index (χ1n) is 6.22. The van der Waals surface area contributed by atoms with E-state index in [2.05, 4.69) is 19.2 Å². The maximum absolute atomic E-state index is 5.56. The van der Waals surface area contributed by atoms with Crippen LogP contribution in [0.4, 0.5) is 0 Å². The van der Waals surface area contributed by atoms with Crippen molar-refractivity contribution in [2.24, 2.45) is 5.92 Å². The molecule has 15 heavy (non-hydrogen) atoms. The van der Waals surface area contributed by atoms with E-state index in [1.165, 1.54) is 6.42 Å². The largest absolute Gasteiger partial charge is 0.378 e. The molecule has 0 aromatic heterocycles. The Morgan fingerprint density at radius 3 is 2.60 bits per heavy atom. The van der Waals surface area contributed by atoms with E-state index in [0.717, 1.165) is 32.6 Å². The van der Waals surface area contributed by atoms with Gasteiger partial charge in [-0.25, -0.2) is 0 Å². The standard InChI is InChI=1S/C12H23NO2/c1-9-7-12(4-6-14-9)13-8-11-3-5-15-10(11)2/h9-13H,3-8H2,1-2H3. The van der Waals surface area contributed by atoms with Gasteiger partial charge in [0.15, 0.2) is 0 Å². The van der Waals surface area contributed by atoms with Crippen LogP contribution in [-0.2, 0) is 9.47 Å². The number of hydrogen-bond donors (Lipinski definition) is 1. The lowest BCUT2D eigenvalue weighted by Crippen LogP contribution is -2.41. The Balaban J connectivity index is 1.68. The van der Waals surface area contributed by atoms with Crippen LogP contribution in [0.3, 0.4) is 0 Å². The van der Waals surface area contributed by atoms with Gasteiger partial charge < -0.3 is 14.8 Å². The third kappa shape index (κ3) is 3.16. The molecule has 2 saturated heterocycles. The number of hydrogen-bond acceptors (Lipinski definition) is 3. The second-order valence-corrected chi connectivity index (χ2v) is 4.94. The highest BCUT2D eigenvalue weighted by Crippen LogP contribution is 2.20. The summed E-state index contributed by atoms with van der Waals surface area (Å²) in [7, 11) is 0. The Kier molecular flexibility index (Phi) is 4.00. The van der Waals surface area contributed by atoms with Crippen molar-refractivity contribution in [2.45, 2.75) is 51.4 Å². The van der Waals surface area contributed by atoms with Crippen LogP contribution in [0.5, 0.6) is 0 Å². The SMILES string of the molecule is CC1CC(NCC2CCOC2C)CCO1. The van der Waals surface area contributed by atoms with Crippen molar-refractivity contribution in [3.63, 3.8) is 0 Å². The van der Waals surface area contributed by atoms with Gasteiger partial charge in [0, 0.05) is 25.8 Å². The van der Waals surface area contributed by atoms with E-state index in [0.29, 0.717) is 24.2 Å². The van der Waals surface area contributed by atoms with Gasteiger partial charge in [-0.15, -0.1) is 0 Å². The molecule has 0 bridgehead atoms. The second kappa shape index (κ2) is 5.28. The third-order valence-corrected chi connectivity index (χ3v) is 3.69. The van der Waals surface area contributed by atoms with Gasteiger partial charge >= 0.3 is 0 Å². The Bertz CT molecular complexity index is 198. The summed E-state index contributed by atoms with van der Waals surface area (Å²) in [5.41, 5.74) is 0. The normalized spacial score (nSPS) is 42.0. The first kappa shape index (κ1) is 11.4. The predicted octanol–water partition coefficient (Wildman–Crippen LogP) is 1.57. The maximum atomic E-state index is 5.56. The van der Waals surface area contributed by atoms with Crippen LogP contribution in [0.15, 0.2) is 0 Å². The van der Waals surface area contributed by atoms with Crippen LogP contribution in [0.25, 0.3) is 0 Å². The van der Waals surface area contributed by atoms with Gasteiger partial charge in [-0.3, -0.25) is 0 Å². The molecular formula is C12H23NO2. The summed E-state index contributed by atoms with van der Waals surface area (Å²) in [5, 5.41) is 3.66. The van der Waals surface area contributed by atoms with Crippen LogP contribution in [0.2, 0.25) is 0 Å². The molecule has 4 atom stereocenters. The molecule has 2 rings (SSSR count). The maximum Gasteiger partial charge on any atom is 0.0588 e. The molecule has 0 saturated carbocycles. The summed E-state index contributed by atoms with van der Waals surface area (Å²) in [6.07, 6.45) is 4.39. The van der Waals surface area contributed by atoms with E-state index in [1.54, 1.807) is 0 Å². The quantitative estimate of drug-likeness (QED) is 0.772. The fourth-order valence-corrected chi connectivity index (χ4v) is 2.55. The molecule has 2 heterocycles. The number of ether oxygens (including phenoxy) is 2. The molecule has 0 aromatic carbocycles. The van der Waals surface area contributed by atoms with Gasteiger partial charge in [0.25, 0.3) is 0 Å². The molecule has 88 valence electrons. The zero-order valence-electron chi connectivity index (χ0n) is 9.87. The summed E-state index contributed by atoms with van der Waals surface area (Å²) >= 11 is 0. The Morgan fingerprint density at radius 2 is 1.93 bits per heavy atom. The Morgan fingerprint density at radius 1 is 1.13 bits per heavy atom. The first-order valence-corrected chi connectivity index (χ1v) is 6.22. The van der Waals surface area contributed by atoms with E-state index >= 15 is 0 Å². The van der Waals surface area contributed by atoms with Crippen molar-refractivity contribution in [3.8, 4) is 0 Å². The van der Waals surface area contributed by atoms with Crippen LogP contribution < -0.4 is 5.32 Å². The van der Waals surface area contributed by atoms with Crippen LogP contribution in [0.1, 0.15) is 33.1 Å². The lowest BCUT2D eigenvalue weighted by Gasteiger charge is -2.29. The number of nitrogens with one attached hydrogen (secondary N) is 1. The average Bonchev–Trinajstić information content (AvgIpc) is 2.61. The molecule has 2 aliphatic heterocycles. The molecule has 0 spiro atoms. The molecule has 0 radical (unpaired) electrons. The van der Waals surface area contributed by atoms with Crippen molar-refractivity contribution in [1.29, 1.82) is 0 Å². The highest BCUT2D eigenvalue weighted by atomic mass is 16.5. The van der Waals surface area contributed by atoms with E-state index in [-0.39, 0.29) is 0 Å². The van der Waals surface area contributed by atoms with Crippen molar-refractivity contribution >= 4 is 0 Å². The van der Waals surface area contributed by atoms with Gasteiger partial charge in [-0.1, -0.05) is 0 Å². The van der Waals surface area contributed by atoms with Crippen molar-refractivity contribution in [1.82, 2.24) is 5.32 Å². The molecule has 3 nitrogen and oxygen atoms in total. The molecule has 4 unspecified atom stereocenters. The number of rotatable bonds is 3. The van der Waals surface area contributed by atoms with Gasteiger partial charge in [0.2, 0.25) is 0 Å². The zero-order valence-corrected chi connectivity index (χ0v) is 9.87. The first-order chi connectivity index (χ1) is 7.25. The minimum absolute atomic E-state index is 0.425. The van der Waals surface area contributed by atoms with Crippen LogP contribution in [0, 0.1) is 5.92 Å². The second-order valence-electron chi connectivity index (χ2n) is 4.94. The van der Waals surface area contributed by atoms with Crippen LogP contribution >= 0.6 is 0 Å².